The van der Waals surface area contributed by atoms with E-state index in [1.807, 2.05) is 34.3 Å². The molecule has 0 saturated carbocycles. The molecule has 1 N–H and O–H groups in total. The Kier molecular flexibility index (Phi) is 4.52. The summed E-state index contributed by atoms with van der Waals surface area (Å²) in [4.78, 5) is 17.2. The van der Waals surface area contributed by atoms with Gasteiger partial charge in [0.15, 0.2) is 0 Å². The van der Waals surface area contributed by atoms with Crippen LogP contribution in [0.1, 0.15) is 20.8 Å². The minimum absolute atomic E-state index is 0.148. The fourth-order valence-corrected chi connectivity index (χ4v) is 3.41. The Morgan fingerprint density at radius 1 is 1.19 bits per heavy atom. The molecule has 0 aliphatic carbocycles. The minimum Gasteiger partial charge on any atom is -0.347 e. The summed E-state index contributed by atoms with van der Waals surface area (Å²) in [6.07, 6.45) is 6.93. The van der Waals surface area contributed by atoms with Crippen molar-refractivity contribution in [2.24, 2.45) is 0 Å². The molecule has 0 spiro atoms. The van der Waals surface area contributed by atoms with E-state index >= 15 is 0 Å². The van der Waals surface area contributed by atoms with Gasteiger partial charge in [-0.2, -0.15) is 4.68 Å². The van der Waals surface area contributed by atoms with Gasteiger partial charge < -0.3 is 9.88 Å². The molecule has 26 heavy (non-hydrogen) atoms. The first-order chi connectivity index (χ1) is 12.8. The van der Waals surface area contributed by atoms with E-state index in [-0.39, 0.29) is 5.91 Å². The van der Waals surface area contributed by atoms with Crippen LogP contribution in [0, 0.1) is 0 Å². The smallest absolute Gasteiger partial charge is 0.263 e. The monoisotopic (exact) mass is 365 g/mol. The molecule has 0 aliphatic heterocycles. The molecule has 1 amide bonds. The van der Waals surface area contributed by atoms with Crippen LogP contribution in [0.2, 0.25) is 0 Å². The third kappa shape index (κ3) is 3.52. The summed E-state index contributed by atoms with van der Waals surface area (Å²) < 4.78 is 3.49. The molecular formula is C17H15N7OS. The van der Waals surface area contributed by atoms with Crippen molar-refractivity contribution in [1.82, 2.24) is 35.1 Å². The third-order valence-corrected chi connectivity index (χ3v) is 4.72. The number of carbonyl (C=O) groups is 1. The number of tetrazole rings is 1. The summed E-state index contributed by atoms with van der Waals surface area (Å²) in [5, 5.41) is 15.9. The van der Waals surface area contributed by atoms with E-state index in [0.717, 1.165) is 17.7 Å². The van der Waals surface area contributed by atoms with Gasteiger partial charge >= 0.3 is 0 Å². The van der Waals surface area contributed by atoms with Crippen molar-refractivity contribution in [3.8, 4) is 5.69 Å². The van der Waals surface area contributed by atoms with Gasteiger partial charge in [-0.1, -0.05) is 24.3 Å². The highest BCUT2D eigenvalue weighted by Gasteiger charge is 2.15. The van der Waals surface area contributed by atoms with Crippen molar-refractivity contribution >= 4 is 17.2 Å². The first-order valence-corrected chi connectivity index (χ1v) is 8.80. The zero-order valence-electron chi connectivity index (χ0n) is 13.7. The Bertz CT molecular complexity index is 992. The predicted molar refractivity (Wildman–Crippen MR) is 96.0 cm³/mol. The van der Waals surface area contributed by atoms with Gasteiger partial charge in [-0.15, -0.1) is 16.4 Å². The average molecular weight is 365 g/mol. The maximum absolute atomic E-state index is 12.5. The second kappa shape index (κ2) is 7.28. The largest absolute Gasteiger partial charge is 0.347 e. The number of imidazole rings is 1. The quantitative estimate of drug-likeness (QED) is 0.564. The third-order valence-electron chi connectivity index (χ3n) is 3.82. The number of thiophene rings is 1. The Balaban J connectivity index is 1.43. The first-order valence-electron chi connectivity index (χ1n) is 7.92. The molecule has 0 aliphatic rings. The Labute approximate surface area is 153 Å². The van der Waals surface area contributed by atoms with Crippen LogP contribution in [0.3, 0.4) is 0 Å². The lowest BCUT2D eigenvalue weighted by atomic mass is 10.1. The van der Waals surface area contributed by atoms with E-state index in [1.165, 1.54) is 22.3 Å². The minimum atomic E-state index is -0.148. The Morgan fingerprint density at radius 2 is 2.12 bits per heavy atom. The van der Waals surface area contributed by atoms with Crippen molar-refractivity contribution in [3.05, 3.63) is 76.8 Å². The van der Waals surface area contributed by atoms with E-state index in [2.05, 4.69) is 38.0 Å². The van der Waals surface area contributed by atoms with Crippen LogP contribution in [0.15, 0.2) is 60.8 Å². The van der Waals surface area contributed by atoms with Gasteiger partial charge in [0, 0.05) is 25.5 Å². The van der Waals surface area contributed by atoms with Crippen molar-refractivity contribution in [2.45, 2.75) is 13.1 Å². The van der Waals surface area contributed by atoms with Gasteiger partial charge in [0.25, 0.3) is 5.91 Å². The number of hydrogen-bond donors (Lipinski definition) is 1. The van der Waals surface area contributed by atoms with Crippen LogP contribution in [-0.2, 0) is 13.1 Å². The number of rotatable bonds is 6. The maximum atomic E-state index is 12.5. The fraction of sp³-hybridized carbons (Fsp3) is 0.118. The predicted octanol–water partition coefficient (Wildman–Crippen LogP) is 1.90. The first kappa shape index (κ1) is 16.2. The van der Waals surface area contributed by atoms with Gasteiger partial charge in [-0.05, 0) is 33.0 Å². The normalized spacial score (nSPS) is 10.8. The number of amides is 1. The number of aromatic nitrogens is 6. The number of nitrogens with one attached hydrogen (secondary N) is 1. The van der Waals surface area contributed by atoms with Gasteiger partial charge in [0.1, 0.15) is 11.2 Å². The van der Waals surface area contributed by atoms with Gasteiger partial charge in [-0.3, -0.25) is 4.79 Å². The molecule has 3 aromatic heterocycles. The van der Waals surface area contributed by atoms with E-state index in [4.69, 9.17) is 0 Å². The summed E-state index contributed by atoms with van der Waals surface area (Å²) in [6, 6.07) is 9.94. The summed E-state index contributed by atoms with van der Waals surface area (Å²) in [6.45, 7) is 1.19. The molecule has 4 aromatic rings. The number of benzene rings is 1. The molecule has 4 rings (SSSR count). The van der Waals surface area contributed by atoms with Crippen molar-refractivity contribution in [2.75, 3.05) is 0 Å². The second-order valence-electron chi connectivity index (χ2n) is 5.63. The zero-order valence-corrected chi connectivity index (χ0v) is 14.5. The standard InChI is InChI=1S/C17H15N7OS/c25-17(16-15(4-7-26-16)24-12-20-21-22-24)19-9-13-2-1-3-14(8-13)10-23-6-5-18-11-23/h1-8,11-12H,9-10H2,(H,19,25). The van der Waals surface area contributed by atoms with Crippen LogP contribution >= 0.6 is 11.3 Å². The lowest BCUT2D eigenvalue weighted by Gasteiger charge is -2.08. The second-order valence-corrected chi connectivity index (χ2v) is 6.54. The lowest BCUT2D eigenvalue weighted by Crippen LogP contribution is -2.23. The molecule has 8 nitrogen and oxygen atoms in total. The molecule has 0 radical (unpaired) electrons. The molecule has 130 valence electrons. The SMILES string of the molecule is O=C(NCc1cccc(Cn2ccnc2)c1)c1sccc1-n1cnnn1. The van der Waals surface area contributed by atoms with Crippen molar-refractivity contribution in [3.63, 3.8) is 0 Å². The summed E-state index contributed by atoms with van der Waals surface area (Å²) in [5.74, 6) is -0.148. The van der Waals surface area contributed by atoms with E-state index in [0.29, 0.717) is 17.1 Å². The van der Waals surface area contributed by atoms with Crippen LogP contribution in [-0.4, -0.2) is 35.7 Å². The number of hydrogen-bond acceptors (Lipinski definition) is 6. The highest BCUT2D eigenvalue weighted by molar-refractivity contribution is 7.12. The molecule has 0 unspecified atom stereocenters. The topological polar surface area (TPSA) is 90.5 Å². The van der Waals surface area contributed by atoms with Crippen LogP contribution in [0.5, 0.6) is 0 Å². The van der Waals surface area contributed by atoms with E-state index in [1.54, 1.807) is 12.5 Å². The molecular weight excluding hydrogens is 350 g/mol. The fourth-order valence-electron chi connectivity index (χ4n) is 2.62. The molecule has 0 saturated heterocycles. The van der Waals surface area contributed by atoms with Crippen LogP contribution < -0.4 is 5.32 Å². The lowest BCUT2D eigenvalue weighted by molar-refractivity contribution is 0.0955. The zero-order chi connectivity index (χ0) is 17.8. The Morgan fingerprint density at radius 3 is 2.92 bits per heavy atom. The highest BCUT2D eigenvalue weighted by Crippen LogP contribution is 2.20. The molecule has 0 bridgehead atoms. The number of carbonyl (C=O) groups excluding carboxylic acids is 1. The summed E-state index contributed by atoms with van der Waals surface area (Å²) in [5.41, 5.74) is 2.86. The van der Waals surface area contributed by atoms with Gasteiger partial charge in [0.05, 0.1) is 12.0 Å². The van der Waals surface area contributed by atoms with Gasteiger partial charge in [-0.25, -0.2) is 4.98 Å². The average Bonchev–Trinajstić information content (AvgIpc) is 3.41. The summed E-state index contributed by atoms with van der Waals surface area (Å²) >= 11 is 1.36. The molecule has 0 atom stereocenters. The van der Waals surface area contributed by atoms with Crippen LogP contribution in [0.25, 0.3) is 5.69 Å². The highest BCUT2D eigenvalue weighted by atomic mass is 32.1. The van der Waals surface area contributed by atoms with Crippen molar-refractivity contribution in [1.29, 1.82) is 0 Å². The van der Waals surface area contributed by atoms with Crippen LogP contribution in [0.4, 0.5) is 0 Å². The molecule has 1 aromatic carbocycles. The van der Waals surface area contributed by atoms with Crippen molar-refractivity contribution < 1.29 is 4.79 Å². The molecule has 3 heterocycles. The molecule has 0 fully saturated rings. The maximum Gasteiger partial charge on any atom is 0.263 e. The number of nitrogens with zero attached hydrogens (tertiary/aromatic N) is 6. The molecule has 9 heteroatoms. The van der Waals surface area contributed by atoms with Gasteiger partial charge in [0.2, 0.25) is 0 Å². The Hall–Kier alpha value is -3.33. The summed E-state index contributed by atoms with van der Waals surface area (Å²) in [7, 11) is 0. The van der Waals surface area contributed by atoms with E-state index < -0.39 is 0 Å². The van der Waals surface area contributed by atoms with E-state index in [9.17, 15) is 4.79 Å².